The normalized spacial score (nSPS) is 19.2. The van der Waals surface area contributed by atoms with Gasteiger partial charge in [0.25, 0.3) is 0 Å². The molecule has 0 aromatic heterocycles. The Labute approximate surface area is 104 Å². The molecule has 0 amide bonds. The summed E-state index contributed by atoms with van der Waals surface area (Å²) in [5, 5.41) is 0. The lowest BCUT2D eigenvalue weighted by atomic mass is 9.91. The van der Waals surface area contributed by atoms with Gasteiger partial charge in [0.1, 0.15) is 0 Å². The largest absolute Gasteiger partial charge is 0.381 e. The first-order chi connectivity index (χ1) is 8.29. The molecule has 1 aromatic carbocycles. The van der Waals surface area contributed by atoms with Crippen molar-refractivity contribution < 1.29 is 4.74 Å². The molecule has 0 bridgehead atoms. The van der Waals surface area contributed by atoms with Crippen LogP contribution in [-0.4, -0.2) is 19.8 Å². The van der Waals surface area contributed by atoms with Gasteiger partial charge in [-0.25, -0.2) is 0 Å². The molecule has 0 aliphatic carbocycles. The minimum absolute atomic E-state index is 0.465. The van der Waals surface area contributed by atoms with Gasteiger partial charge in [0.15, 0.2) is 0 Å². The molecule has 0 saturated carbocycles. The maximum Gasteiger partial charge on any atom is 0.0468 e. The number of nitrogens with two attached hydrogens (primary N) is 1. The maximum atomic E-state index is 5.68. The molecule has 1 fully saturated rings. The highest BCUT2D eigenvalue weighted by Crippen LogP contribution is 2.21. The van der Waals surface area contributed by atoms with Crippen LogP contribution in [0, 0.1) is 5.92 Å². The molecule has 94 valence electrons. The van der Waals surface area contributed by atoms with Crippen LogP contribution in [0.5, 0.6) is 0 Å². The van der Waals surface area contributed by atoms with Gasteiger partial charge in [0.05, 0.1) is 0 Å². The van der Waals surface area contributed by atoms with Crippen LogP contribution in [0.25, 0.3) is 0 Å². The van der Waals surface area contributed by atoms with E-state index in [9.17, 15) is 0 Å². The Morgan fingerprint density at radius 1 is 1.24 bits per heavy atom. The Hall–Kier alpha value is -0.860. The van der Waals surface area contributed by atoms with Gasteiger partial charge in [-0.1, -0.05) is 31.2 Å². The SMILES string of the molecule is CC(CN)c1ccc(CC2CCOCC2)cc1. The molecule has 1 heterocycles. The fourth-order valence-corrected chi connectivity index (χ4v) is 2.40. The first-order valence-electron chi connectivity index (χ1n) is 6.66. The van der Waals surface area contributed by atoms with Crippen molar-refractivity contribution in [3.05, 3.63) is 35.4 Å². The fourth-order valence-electron chi connectivity index (χ4n) is 2.40. The Kier molecular flexibility index (Phi) is 4.57. The topological polar surface area (TPSA) is 35.2 Å². The van der Waals surface area contributed by atoms with Gasteiger partial charge in [-0.2, -0.15) is 0 Å². The standard InChI is InChI=1S/C15H23NO/c1-12(11-16)15-4-2-13(3-5-15)10-14-6-8-17-9-7-14/h2-5,12,14H,6-11,16H2,1H3. The van der Waals surface area contributed by atoms with E-state index < -0.39 is 0 Å². The van der Waals surface area contributed by atoms with Gasteiger partial charge in [-0.3, -0.25) is 0 Å². The Morgan fingerprint density at radius 3 is 2.47 bits per heavy atom. The average molecular weight is 233 g/mol. The van der Waals surface area contributed by atoms with Crippen molar-refractivity contribution in [1.29, 1.82) is 0 Å². The molecular formula is C15H23NO. The fraction of sp³-hybridized carbons (Fsp3) is 0.600. The highest BCUT2D eigenvalue weighted by atomic mass is 16.5. The molecule has 0 spiro atoms. The van der Waals surface area contributed by atoms with Gasteiger partial charge in [-0.05, 0) is 48.8 Å². The third kappa shape index (κ3) is 3.55. The van der Waals surface area contributed by atoms with Crippen molar-refractivity contribution in [2.75, 3.05) is 19.8 Å². The average Bonchev–Trinajstić information content (AvgIpc) is 2.40. The summed E-state index contributed by atoms with van der Waals surface area (Å²) in [5.41, 5.74) is 8.48. The van der Waals surface area contributed by atoms with E-state index in [1.807, 2.05) is 0 Å². The number of ether oxygens (including phenoxy) is 1. The molecule has 1 aromatic rings. The van der Waals surface area contributed by atoms with Crippen LogP contribution < -0.4 is 5.73 Å². The zero-order valence-electron chi connectivity index (χ0n) is 10.7. The molecule has 1 atom stereocenters. The van der Waals surface area contributed by atoms with E-state index in [1.54, 1.807) is 0 Å². The van der Waals surface area contributed by atoms with E-state index in [-0.39, 0.29) is 0 Å². The number of benzene rings is 1. The zero-order valence-corrected chi connectivity index (χ0v) is 10.7. The van der Waals surface area contributed by atoms with Gasteiger partial charge in [0.2, 0.25) is 0 Å². The van der Waals surface area contributed by atoms with Crippen LogP contribution in [0.2, 0.25) is 0 Å². The quantitative estimate of drug-likeness (QED) is 0.868. The maximum absolute atomic E-state index is 5.68. The molecule has 0 radical (unpaired) electrons. The highest BCUT2D eigenvalue weighted by Gasteiger charge is 2.14. The summed E-state index contributed by atoms with van der Waals surface area (Å²) in [7, 11) is 0. The predicted molar refractivity (Wildman–Crippen MR) is 71.2 cm³/mol. The van der Waals surface area contributed by atoms with Crippen LogP contribution in [0.1, 0.15) is 36.8 Å². The van der Waals surface area contributed by atoms with Gasteiger partial charge < -0.3 is 10.5 Å². The molecule has 2 rings (SSSR count). The molecule has 1 saturated heterocycles. The van der Waals surface area contributed by atoms with Crippen molar-refractivity contribution >= 4 is 0 Å². The summed E-state index contributed by atoms with van der Waals surface area (Å²) in [6.45, 7) is 4.77. The second-order valence-corrected chi connectivity index (χ2v) is 5.14. The minimum atomic E-state index is 0.465. The summed E-state index contributed by atoms with van der Waals surface area (Å²) < 4.78 is 5.39. The van der Waals surface area contributed by atoms with Crippen molar-refractivity contribution in [2.24, 2.45) is 11.7 Å². The van der Waals surface area contributed by atoms with Crippen LogP contribution in [0.3, 0.4) is 0 Å². The van der Waals surface area contributed by atoms with Gasteiger partial charge in [0, 0.05) is 13.2 Å². The number of hydrogen-bond donors (Lipinski definition) is 1. The molecule has 1 unspecified atom stereocenters. The Bertz CT molecular complexity index is 327. The first kappa shape index (κ1) is 12.6. The van der Waals surface area contributed by atoms with Crippen molar-refractivity contribution in [3.8, 4) is 0 Å². The van der Waals surface area contributed by atoms with Crippen LogP contribution in [0.4, 0.5) is 0 Å². The molecular weight excluding hydrogens is 210 g/mol. The van der Waals surface area contributed by atoms with E-state index in [4.69, 9.17) is 10.5 Å². The van der Waals surface area contributed by atoms with E-state index in [0.717, 1.165) is 25.7 Å². The zero-order chi connectivity index (χ0) is 12.1. The minimum Gasteiger partial charge on any atom is -0.381 e. The Morgan fingerprint density at radius 2 is 1.88 bits per heavy atom. The molecule has 1 aliphatic rings. The van der Waals surface area contributed by atoms with E-state index in [2.05, 4.69) is 31.2 Å². The lowest BCUT2D eigenvalue weighted by Crippen LogP contribution is -2.17. The highest BCUT2D eigenvalue weighted by molar-refractivity contribution is 5.25. The third-order valence-corrected chi connectivity index (χ3v) is 3.77. The lowest BCUT2D eigenvalue weighted by molar-refractivity contribution is 0.0665. The number of hydrogen-bond acceptors (Lipinski definition) is 2. The van der Waals surface area contributed by atoms with Crippen molar-refractivity contribution in [1.82, 2.24) is 0 Å². The second kappa shape index (κ2) is 6.18. The third-order valence-electron chi connectivity index (χ3n) is 3.77. The molecule has 2 nitrogen and oxygen atoms in total. The first-order valence-corrected chi connectivity index (χ1v) is 6.66. The van der Waals surface area contributed by atoms with E-state index >= 15 is 0 Å². The molecule has 1 aliphatic heterocycles. The lowest BCUT2D eigenvalue weighted by Gasteiger charge is -2.22. The predicted octanol–water partition coefficient (Wildman–Crippen LogP) is 2.72. The summed E-state index contributed by atoms with van der Waals surface area (Å²) in [6.07, 6.45) is 3.61. The van der Waals surface area contributed by atoms with E-state index in [1.165, 1.54) is 30.4 Å². The summed E-state index contributed by atoms with van der Waals surface area (Å²) in [4.78, 5) is 0. The smallest absolute Gasteiger partial charge is 0.0468 e. The van der Waals surface area contributed by atoms with Crippen LogP contribution in [-0.2, 0) is 11.2 Å². The van der Waals surface area contributed by atoms with Crippen molar-refractivity contribution in [2.45, 2.75) is 32.1 Å². The van der Waals surface area contributed by atoms with Crippen LogP contribution >= 0.6 is 0 Å². The molecule has 17 heavy (non-hydrogen) atoms. The molecule has 2 N–H and O–H groups in total. The summed E-state index contributed by atoms with van der Waals surface area (Å²) >= 11 is 0. The van der Waals surface area contributed by atoms with E-state index in [0.29, 0.717) is 5.92 Å². The molecule has 2 heteroatoms. The monoisotopic (exact) mass is 233 g/mol. The van der Waals surface area contributed by atoms with Crippen LogP contribution in [0.15, 0.2) is 24.3 Å². The van der Waals surface area contributed by atoms with Gasteiger partial charge in [-0.15, -0.1) is 0 Å². The summed E-state index contributed by atoms with van der Waals surface area (Å²) in [6, 6.07) is 8.98. The summed E-state index contributed by atoms with van der Waals surface area (Å²) in [5.74, 6) is 1.27. The second-order valence-electron chi connectivity index (χ2n) is 5.14. The number of rotatable bonds is 4. The van der Waals surface area contributed by atoms with Crippen molar-refractivity contribution in [3.63, 3.8) is 0 Å². The Balaban J connectivity index is 1.93. The van der Waals surface area contributed by atoms with Gasteiger partial charge >= 0.3 is 0 Å².